The number of hydrogen-bond acceptors (Lipinski definition) is 4. The molecule has 0 bridgehead atoms. The summed E-state index contributed by atoms with van der Waals surface area (Å²) in [7, 11) is 0. The van der Waals surface area contributed by atoms with E-state index < -0.39 is 0 Å². The second-order valence-electron chi connectivity index (χ2n) is 4.49. The summed E-state index contributed by atoms with van der Waals surface area (Å²) in [6, 6.07) is 6.86. The van der Waals surface area contributed by atoms with Crippen LogP contribution in [0.25, 0.3) is 0 Å². The van der Waals surface area contributed by atoms with Crippen molar-refractivity contribution in [3.63, 3.8) is 0 Å². The van der Waals surface area contributed by atoms with Crippen LogP contribution in [0.15, 0.2) is 29.2 Å². The van der Waals surface area contributed by atoms with Gasteiger partial charge in [0.1, 0.15) is 5.82 Å². The lowest BCUT2D eigenvalue weighted by atomic mass is 9.93. The second kappa shape index (κ2) is 7.09. The van der Waals surface area contributed by atoms with E-state index in [4.69, 9.17) is 10.6 Å². The molecular formula is C13H19FN2OS. The smallest absolute Gasteiger partial charge is 0.123 e. The predicted molar refractivity (Wildman–Crippen MR) is 71.8 cm³/mol. The number of benzene rings is 1. The van der Waals surface area contributed by atoms with Crippen LogP contribution in [-0.2, 0) is 4.74 Å². The number of hydrazine groups is 1. The summed E-state index contributed by atoms with van der Waals surface area (Å²) >= 11 is 1.71. The number of nitrogens with one attached hydrogen (secondary N) is 1. The molecule has 3 nitrogen and oxygen atoms in total. The average molecular weight is 270 g/mol. The Balaban J connectivity index is 1.84. The molecule has 5 heteroatoms. The first-order valence-electron chi connectivity index (χ1n) is 6.22. The van der Waals surface area contributed by atoms with Crippen LogP contribution in [0.5, 0.6) is 0 Å². The Labute approximate surface area is 111 Å². The molecule has 1 aliphatic rings. The van der Waals surface area contributed by atoms with Crippen LogP contribution in [0.2, 0.25) is 0 Å². The van der Waals surface area contributed by atoms with Gasteiger partial charge >= 0.3 is 0 Å². The van der Waals surface area contributed by atoms with Gasteiger partial charge in [0, 0.05) is 29.9 Å². The van der Waals surface area contributed by atoms with Crippen LogP contribution < -0.4 is 11.3 Å². The third-order valence-corrected chi connectivity index (χ3v) is 4.42. The third-order valence-electron chi connectivity index (χ3n) is 3.29. The zero-order valence-electron chi connectivity index (χ0n) is 10.3. The minimum absolute atomic E-state index is 0.197. The van der Waals surface area contributed by atoms with E-state index in [0.29, 0.717) is 5.92 Å². The van der Waals surface area contributed by atoms with E-state index in [1.165, 1.54) is 12.1 Å². The van der Waals surface area contributed by atoms with Crippen molar-refractivity contribution >= 4 is 11.8 Å². The predicted octanol–water partition coefficient (Wildman–Crippen LogP) is 2.18. The van der Waals surface area contributed by atoms with Gasteiger partial charge in [-0.1, -0.05) is 0 Å². The number of hydrogen-bond donors (Lipinski definition) is 2. The Kier molecular flexibility index (Phi) is 5.44. The molecule has 1 saturated heterocycles. The van der Waals surface area contributed by atoms with Gasteiger partial charge in [-0.2, -0.15) is 0 Å². The van der Waals surface area contributed by atoms with Crippen LogP contribution in [0.4, 0.5) is 4.39 Å². The lowest BCUT2D eigenvalue weighted by molar-refractivity contribution is 0.0566. The van der Waals surface area contributed by atoms with Crippen molar-refractivity contribution < 1.29 is 9.13 Å². The summed E-state index contributed by atoms with van der Waals surface area (Å²) in [6.07, 6.45) is 2.11. The average Bonchev–Trinajstić information content (AvgIpc) is 2.43. The Bertz CT molecular complexity index is 355. The largest absolute Gasteiger partial charge is 0.381 e. The molecule has 0 saturated carbocycles. The summed E-state index contributed by atoms with van der Waals surface area (Å²) < 4.78 is 18.1. The van der Waals surface area contributed by atoms with Crippen LogP contribution >= 0.6 is 11.8 Å². The topological polar surface area (TPSA) is 47.3 Å². The maximum Gasteiger partial charge on any atom is 0.123 e. The number of rotatable bonds is 5. The van der Waals surface area contributed by atoms with Gasteiger partial charge in [0.15, 0.2) is 0 Å². The Morgan fingerprint density at radius 2 is 2.00 bits per heavy atom. The molecule has 0 amide bonds. The van der Waals surface area contributed by atoms with E-state index in [-0.39, 0.29) is 11.9 Å². The van der Waals surface area contributed by atoms with Gasteiger partial charge in [-0.15, -0.1) is 11.8 Å². The van der Waals surface area contributed by atoms with Crippen molar-refractivity contribution in [1.29, 1.82) is 0 Å². The molecule has 1 atom stereocenters. The van der Waals surface area contributed by atoms with Crippen molar-refractivity contribution in [3.8, 4) is 0 Å². The van der Waals surface area contributed by atoms with E-state index in [2.05, 4.69) is 5.43 Å². The summed E-state index contributed by atoms with van der Waals surface area (Å²) in [6.45, 7) is 1.65. The fourth-order valence-electron chi connectivity index (χ4n) is 2.16. The van der Waals surface area contributed by atoms with Crippen LogP contribution in [0.3, 0.4) is 0 Å². The SMILES string of the molecule is NNC(CSc1ccc(F)cc1)C1CCOCC1. The van der Waals surface area contributed by atoms with Crippen LogP contribution in [-0.4, -0.2) is 25.0 Å². The molecule has 0 aliphatic carbocycles. The summed E-state index contributed by atoms with van der Waals surface area (Å²) in [5, 5.41) is 0. The van der Waals surface area contributed by atoms with Crippen molar-refractivity contribution in [1.82, 2.24) is 5.43 Å². The van der Waals surface area contributed by atoms with Crippen molar-refractivity contribution in [2.75, 3.05) is 19.0 Å². The third kappa shape index (κ3) is 3.95. The molecule has 18 heavy (non-hydrogen) atoms. The Hall–Kier alpha value is -0.620. The lowest BCUT2D eigenvalue weighted by Gasteiger charge is -2.29. The maximum atomic E-state index is 12.8. The fourth-order valence-corrected chi connectivity index (χ4v) is 3.22. The molecule has 1 aromatic carbocycles. The first-order valence-corrected chi connectivity index (χ1v) is 7.20. The van der Waals surface area contributed by atoms with Crippen molar-refractivity contribution in [2.45, 2.75) is 23.8 Å². The molecule has 1 aromatic rings. The molecule has 100 valence electrons. The monoisotopic (exact) mass is 270 g/mol. The zero-order valence-corrected chi connectivity index (χ0v) is 11.1. The maximum absolute atomic E-state index is 12.8. The Morgan fingerprint density at radius 3 is 2.61 bits per heavy atom. The normalized spacial score (nSPS) is 18.8. The lowest BCUT2D eigenvalue weighted by Crippen LogP contribution is -2.44. The summed E-state index contributed by atoms with van der Waals surface area (Å²) in [4.78, 5) is 1.07. The number of thioether (sulfide) groups is 1. The first-order chi connectivity index (χ1) is 8.79. The second-order valence-corrected chi connectivity index (χ2v) is 5.58. The molecule has 2 rings (SSSR count). The van der Waals surface area contributed by atoms with Crippen LogP contribution in [0, 0.1) is 11.7 Å². The van der Waals surface area contributed by atoms with E-state index in [9.17, 15) is 4.39 Å². The van der Waals surface area contributed by atoms with Crippen LogP contribution in [0.1, 0.15) is 12.8 Å². The minimum atomic E-state index is -0.197. The van der Waals surface area contributed by atoms with Gasteiger partial charge in [-0.05, 0) is 43.0 Å². The van der Waals surface area contributed by atoms with Gasteiger partial charge in [-0.25, -0.2) is 4.39 Å². The highest BCUT2D eigenvalue weighted by Gasteiger charge is 2.23. The molecule has 1 heterocycles. The molecule has 0 radical (unpaired) electrons. The van der Waals surface area contributed by atoms with E-state index >= 15 is 0 Å². The summed E-state index contributed by atoms with van der Waals surface area (Å²) in [5.41, 5.74) is 2.90. The van der Waals surface area contributed by atoms with Crippen molar-refractivity contribution in [2.24, 2.45) is 11.8 Å². The number of nitrogens with two attached hydrogens (primary N) is 1. The van der Waals surface area contributed by atoms with E-state index in [1.54, 1.807) is 23.9 Å². The first kappa shape index (κ1) is 13.8. The fraction of sp³-hybridized carbons (Fsp3) is 0.538. The number of ether oxygens (including phenoxy) is 1. The Morgan fingerprint density at radius 1 is 1.33 bits per heavy atom. The molecular weight excluding hydrogens is 251 g/mol. The standard InChI is InChI=1S/C13H19FN2OS/c14-11-1-3-12(4-2-11)18-9-13(16-15)10-5-7-17-8-6-10/h1-4,10,13,16H,5-9,15H2. The molecule has 3 N–H and O–H groups in total. The van der Waals surface area contributed by atoms with Gasteiger partial charge in [-0.3, -0.25) is 11.3 Å². The molecule has 0 aromatic heterocycles. The zero-order chi connectivity index (χ0) is 12.8. The molecule has 1 unspecified atom stereocenters. The number of halogens is 1. The van der Waals surface area contributed by atoms with E-state index in [0.717, 1.165) is 36.7 Å². The van der Waals surface area contributed by atoms with Gasteiger partial charge in [0.25, 0.3) is 0 Å². The quantitative estimate of drug-likeness (QED) is 0.489. The van der Waals surface area contributed by atoms with Gasteiger partial charge in [0.05, 0.1) is 0 Å². The highest BCUT2D eigenvalue weighted by Crippen LogP contribution is 2.25. The van der Waals surface area contributed by atoms with Crippen molar-refractivity contribution in [3.05, 3.63) is 30.1 Å². The van der Waals surface area contributed by atoms with E-state index in [1.807, 2.05) is 0 Å². The minimum Gasteiger partial charge on any atom is -0.381 e. The summed E-state index contributed by atoms with van der Waals surface area (Å²) in [5.74, 6) is 6.89. The van der Waals surface area contributed by atoms with Gasteiger partial charge in [0.2, 0.25) is 0 Å². The highest BCUT2D eigenvalue weighted by atomic mass is 32.2. The molecule has 1 fully saturated rings. The molecule has 0 spiro atoms. The molecule has 1 aliphatic heterocycles. The van der Waals surface area contributed by atoms with Gasteiger partial charge < -0.3 is 4.74 Å². The highest BCUT2D eigenvalue weighted by molar-refractivity contribution is 7.99.